The lowest BCUT2D eigenvalue weighted by Gasteiger charge is -2.10. The minimum absolute atomic E-state index is 0.889. The number of ether oxygens (including phenoxy) is 1. The maximum absolute atomic E-state index is 5.01. The van der Waals surface area contributed by atoms with Gasteiger partial charge in [-0.05, 0) is 25.9 Å². The molecule has 0 aromatic heterocycles. The monoisotopic (exact) mass is 158 g/mol. The molecule has 0 aromatic carbocycles. The number of hydrogen-bond donors (Lipinski definition) is 2. The second kappa shape index (κ2) is 6.58. The van der Waals surface area contributed by atoms with Crippen molar-refractivity contribution in [2.75, 3.05) is 39.4 Å². The largest absolute Gasteiger partial charge is 0.379 e. The molecule has 2 saturated heterocycles. The minimum Gasteiger partial charge on any atom is -0.379 e. The van der Waals surface area contributed by atoms with Crippen molar-refractivity contribution >= 4 is 0 Å². The maximum atomic E-state index is 5.01. The summed E-state index contributed by atoms with van der Waals surface area (Å²) in [6.45, 7) is 6.33. The second-order valence-electron chi connectivity index (χ2n) is 2.82. The fraction of sp³-hybridized carbons (Fsp3) is 1.00. The molecule has 0 spiro atoms. The quantitative estimate of drug-likeness (QED) is 0.519. The Bertz CT molecular complexity index is 61.0. The molecule has 3 heteroatoms. The van der Waals surface area contributed by atoms with Crippen LogP contribution in [0.5, 0.6) is 0 Å². The second-order valence-corrected chi connectivity index (χ2v) is 2.82. The molecule has 11 heavy (non-hydrogen) atoms. The van der Waals surface area contributed by atoms with E-state index in [4.69, 9.17) is 4.74 Å². The van der Waals surface area contributed by atoms with E-state index >= 15 is 0 Å². The molecule has 2 aliphatic rings. The van der Waals surface area contributed by atoms with Gasteiger partial charge in [0.25, 0.3) is 0 Å². The highest BCUT2D eigenvalue weighted by Gasteiger charge is 1.93. The highest BCUT2D eigenvalue weighted by Crippen LogP contribution is 1.90. The van der Waals surface area contributed by atoms with Crippen molar-refractivity contribution in [3.63, 3.8) is 0 Å². The lowest BCUT2D eigenvalue weighted by molar-refractivity contribution is 0.109. The van der Waals surface area contributed by atoms with Crippen molar-refractivity contribution in [2.24, 2.45) is 0 Å². The zero-order chi connectivity index (χ0) is 7.78. The molecule has 66 valence electrons. The molecule has 0 saturated carbocycles. The molecule has 0 amide bonds. The molecule has 0 aliphatic carbocycles. The van der Waals surface area contributed by atoms with E-state index in [9.17, 15) is 0 Å². The summed E-state index contributed by atoms with van der Waals surface area (Å²) < 4.78 is 5.01. The van der Waals surface area contributed by atoms with Gasteiger partial charge in [0.15, 0.2) is 0 Å². The van der Waals surface area contributed by atoms with Gasteiger partial charge >= 0.3 is 0 Å². The van der Waals surface area contributed by atoms with E-state index in [1.807, 2.05) is 0 Å². The van der Waals surface area contributed by atoms with Crippen molar-refractivity contribution in [1.82, 2.24) is 10.6 Å². The van der Waals surface area contributed by atoms with E-state index in [1.54, 1.807) is 0 Å². The molecule has 0 bridgehead atoms. The van der Waals surface area contributed by atoms with Crippen LogP contribution in [-0.4, -0.2) is 39.4 Å². The molecule has 0 radical (unpaired) electrons. The minimum atomic E-state index is 0.889. The Hall–Kier alpha value is -0.120. The Morgan fingerprint density at radius 2 is 1.27 bits per heavy atom. The van der Waals surface area contributed by atoms with Crippen molar-refractivity contribution < 1.29 is 4.74 Å². The number of morpholine rings is 1. The Morgan fingerprint density at radius 3 is 1.45 bits per heavy atom. The van der Waals surface area contributed by atoms with Crippen LogP contribution in [-0.2, 0) is 4.74 Å². The highest BCUT2D eigenvalue weighted by atomic mass is 16.5. The summed E-state index contributed by atoms with van der Waals surface area (Å²) in [5.41, 5.74) is 0. The number of hydrogen-bond acceptors (Lipinski definition) is 3. The average Bonchev–Trinajstić information content (AvgIpc) is 2.64. The smallest absolute Gasteiger partial charge is 0.0591 e. The zero-order valence-electron chi connectivity index (χ0n) is 7.07. The molecule has 0 unspecified atom stereocenters. The summed E-state index contributed by atoms with van der Waals surface area (Å²) in [5.74, 6) is 0. The van der Waals surface area contributed by atoms with Gasteiger partial charge in [0.05, 0.1) is 13.2 Å². The molecular weight excluding hydrogens is 140 g/mol. The third-order valence-corrected chi connectivity index (χ3v) is 1.80. The van der Waals surface area contributed by atoms with Crippen molar-refractivity contribution in [2.45, 2.75) is 12.8 Å². The van der Waals surface area contributed by atoms with E-state index in [0.29, 0.717) is 0 Å². The number of nitrogens with one attached hydrogen (secondary N) is 2. The van der Waals surface area contributed by atoms with E-state index < -0.39 is 0 Å². The van der Waals surface area contributed by atoms with Crippen molar-refractivity contribution in [3.8, 4) is 0 Å². The predicted molar refractivity (Wildman–Crippen MR) is 45.8 cm³/mol. The van der Waals surface area contributed by atoms with Crippen LogP contribution in [0.4, 0.5) is 0 Å². The lowest BCUT2D eigenvalue weighted by atomic mass is 10.4. The van der Waals surface area contributed by atoms with Gasteiger partial charge in [-0.15, -0.1) is 0 Å². The SMILES string of the molecule is C1CCNC1.C1COCCN1. The normalized spacial score (nSPS) is 24.0. The first-order valence-electron chi connectivity index (χ1n) is 4.49. The van der Waals surface area contributed by atoms with E-state index in [0.717, 1.165) is 26.3 Å². The Kier molecular flexibility index (Phi) is 5.37. The highest BCUT2D eigenvalue weighted by molar-refractivity contribution is 4.55. The van der Waals surface area contributed by atoms with Crippen LogP contribution in [0.15, 0.2) is 0 Å². The van der Waals surface area contributed by atoms with Crippen molar-refractivity contribution in [1.29, 1.82) is 0 Å². The van der Waals surface area contributed by atoms with Gasteiger partial charge in [0.2, 0.25) is 0 Å². The summed E-state index contributed by atoms with van der Waals surface area (Å²) in [6.07, 6.45) is 2.78. The first-order valence-corrected chi connectivity index (χ1v) is 4.49. The third kappa shape index (κ3) is 5.18. The standard InChI is InChI=1S/C4H9NO.C4H9N/c1-3-6-4-2-5-1;1-2-4-5-3-1/h5H,1-4H2;5H,1-4H2. The zero-order valence-corrected chi connectivity index (χ0v) is 7.07. The summed E-state index contributed by atoms with van der Waals surface area (Å²) >= 11 is 0. The molecule has 0 aromatic rings. The number of rotatable bonds is 0. The van der Waals surface area contributed by atoms with Crippen LogP contribution in [0, 0.1) is 0 Å². The predicted octanol–water partition coefficient (Wildman–Crippen LogP) is -0.0240. The lowest BCUT2D eigenvalue weighted by Crippen LogP contribution is -2.30. The Balaban J connectivity index is 0.000000112. The van der Waals surface area contributed by atoms with E-state index in [-0.39, 0.29) is 0 Å². The van der Waals surface area contributed by atoms with Gasteiger partial charge < -0.3 is 15.4 Å². The Labute approximate surface area is 68.5 Å². The van der Waals surface area contributed by atoms with E-state index in [2.05, 4.69) is 10.6 Å². The molecule has 0 atom stereocenters. The summed E-state index contributed by atoms with van der Waals surface area (Å²) in [4.78, 5) is 0. The fourth-order valence-electron chi connectivity index (χ4n) is 1.14. The first-order chi connectivity index (χ1) is 5.50. The van der Waals surface area contributed by atoms with Crippen LogP contribution in [0.25, 0.3) is 0 Å². The molecule has 2 N–H and O–H groups in total. The fourth-order valence-corrected chi connectivity index (χ4v) is 1.14. The van der Waals surface area contributed by atoms with Crippen molar-refractivity contribution in [3.05, 3.63) is 0 Å². The molecule has 2 fully saturated rings. The van der Waals surface area contributed by atoms with Crippen LogP contribution in [0.1, 0.15) is 12.8 Å². The van der Waals surface area contributed by atoms with Gasteiger partial charge in [-0.25, -0.2) is 0 Å². The van der Waals surface area contributed by atoms with Crippen LogP contribution >= 0.6 is 0 Å². The Morgan fingerprint density at radius 1 is 0.727 bits per heavy atom. The van der Waals surface area contributed by atoms with Crippen LogP contribution in [0.2, 0.25) is 0 Å². The topological polar surface area (TPSA) is 33.3 Å². The molecule has 2 heterocycles. The van der Waals surface area contributed by atoms with Gasteiger partial charge in [-0.3, -0.25) is 0 Å². The molecular formula is C8H18N2O. The van der Waals surface area contributed by atoms with E-state index in [1.165, 1.54) is 25.9 Å². The summed E-state index contributed by atoms with van der Waals surface area (Å²) in [7, 11) is 0. The third-order valence-electron chi connectivity index (χ3n) is 1.80. The molecule has 2 rings (SSSR count). The summed E-state index contributed by atoms with van der Waals surface area (Å²) in [6, 6.07) is 0. The van der Waals surface area contributed by atoms with Crippen LogP contribution < -0.4 is 10.6 Å². The molecule has 2 aliphatic heterocycles. The first kappa shape index (κ1) is 8.97. The average molecular weight is 158 g/mol. The van der Waals surface area contributed by atoms with Crippen LogP contribution in [0.3, 0.4) is 0 Å². The summed E-state index contributed by atoms with van der Waals surface area (Å²) in [5, 5.41) is 6.38. The maximum Gasteiger partial charge on any atom is 0.0591 e. The van der Waals surface area contributed by atoms with Gasteiger partial charge in [0.1, 0.15) is 0 Å². The van der Waals surface area contributed by atoms with Gasteiger partial charge in [0, 0.05) is 13.1 Å². The van der Waals surface area contributed by atoms with Gasteiger partial charge in [-0.1, -0.05) is 0 Å². The van der Waals surface area contributed by atoms with Gasteiger partial charge in [-0.2, -0.15) is 0 Å². The molecule has 3 nitrogen and oxygen atoms in total.